The van der Waals surface area contributed by atoms with Gasteiger partial charge in [0.25, 0.3) is 0 Å². The van der Waals surface area contributed by atoms with E-state index in [2.05, 4.69) is 25.9 Å². The summed E-state index contributed by atoms with van der Waals surface area (Å²) in [6.07, 6.45) is 2.84. The molecule has 0 aliphatic carbocycles. The summed E-state index contributed by atoms with van der Waals surface area (Å²) in [5.41, 5.74) is 0.451. The molecule has 0 saturated heterocycles. The van der Waals surface area contributed by atoms with Gasteiger partial charge in [-0.15, -0.1) is 0 Å². The van der Waals surface area contributed by atoms with Crippen molar-refractivity contribution in [1.29, 1.82) is 0 Å². The molecule has 0 fully saturated rings. The number of aromatic nitrogens is 2. The van der Waals surface area contributed by atoms with Crippen LogP contribution in [0.2, 0.25) is 0 Å². The lowest BCUT2D eigenvalue weighted by atomic mass is 10.3. The lowest BCUT2D eigenvalue weighted by molar-refractivity contribution is -0.136. The maximum Gasteiger partial charge on any atom is 0.309 e. The van der Waals surface area contributed by atoms with Crippen LogP contribution in [0.3, 0.4) is 0 Å². The first kappa shape index (κ1) is 8.13. The number of aliphatic carboxylic acids is 1. The van der Waals surface area contributed by atoms with Crippen LogP contribution in [0.5, 0.6) is 0 Å². The van der Waals surface area contributed by atoms with E-state index in [-0.39, 0.29) is 6.42 Å². The zero-order chi connectivity index (χ0) is 8.27. The molecule has 4 nitrogen and oxygen atoms in total. The first-order valence-corrected chi connectivity index (χ1v) is 3.66. The number of hydrogen-bond acceptors (Lipinski definition) is 3. The molecule has 1 heterocycles. The van der Waals surface area contributed by atoms with Gasteiger partial charge in [0.15, 0.2) is 0 Å². The molecule has 11 heavy (non-hydrogen) atoms. The van der Waals surface area contributed by atoms with E-state index in [0.29, 0.717) is 10.3 Å². The van der Waals surface area contributed by atoms with Crippen molar-refractivity contribution >= 4 is 21.9 Å². The van der Waals surface area contributed by atoms with Crippen LogP contribution in [-0.4, -0.2) is 21.0 Å². The number of hydrogen-bond donors (Lipinski definition) is 1. The highest BCUT2D eigenvalue weighted by atomic mass is 79.9. The molecular formula is C6H5BrN2O2. The van der Waals surface area contributed by atoms with Crippen molar-refractivity contribution in [3.05, 3.63) is 22.7 Å². The van der Waals surface area contributed by atoms with Crippen molar-refractivity contribution in [2.24, 2.45) is 0 Å². The fraction of sp³-hybridized carbons (Fsp3) is 0.167. The molecule has 1 rings (SSSR count). The molecular weight excluding hydrogens is 212 g/mol. The minimum Gasteiger partial charge on any atom is -0.481 e. The average molecular weight is 217 g/mol. The van der Waals surface area contributed by atoms with E-state index >= 15 is 0 Å². The Balaban J connectivity index is 2.79. The summed E-state index contributed by atoms with van der Waals surface area (Å²) in [5, 5.41) is 8.37. The molecule has 1 aromatic rings. The Morgan fingerprint density at radius 3 is 2.91 bits per heavy atom. The van der Waals surface area contributed by atoms with Gasteiger partial charge in [0.2, 0.25) is 0 Å². The van der Waals surface area contributed by atoms with Gasteiger partial charge in [-0.3, -0.25) is 9.78 Å². The summed E-state index contributed by atoms with van der Waals surface area (Å²) in [4.78, 5) is 17.8. The number of carbonyl (C=O) groups is 1. The number of rotatable bonds is 2. The maximum atomic E-state index is 10.2. The van der Waals surface area contributed by atoms with E-state index < -0.39 is 5.97 Å². The molecule has 5 heteroatoms. The molecule has 0 radical (unpaired) electrons. The van der Waals surface area contributed by atoms with Crippen LogP contribution in [0, 0.1) is 0 Å². The van der Waals surface area contributed by atoms with Gasteiger partial charge in [-0.05, 0) is 15.9 Å². The van der Waals surface area contributed by atoms with E-state index in [1.165, 1.54) is 12.4 Å². The van der Waals surface area contributed by atoms with Gasteiger partial charge in [0.05, 0.1) is 18.3 Å². The summed E-state index contributed by atoms with van der Waals surface area (Å²) in [6, 6.07) is 0. The summed E-state index contributed by atoms with van der Waals surface area (Å²) in [5.74, 6) is -0.905. The van der Waals surface area contributed by atoms with Crippen LogP contribution in [0.25, 0.3) is 0 Å². The highest BCUT2D eigenvalue weighted by molar-refractivity contribution is 9.10. The number of halogens is 1. The quantitative estimate of drug-likeness (QED) is 0.798. The summed E-state index contributed by atoms with van der Waals surface area (Å²) in [6.45, 7) is 0. The Kier molecular flexibility index (Phi) is 2.53. The lowest BCUT2D eigenvalue weighted by Gasteiger charge is -1.94. The molecule has 1 aromatic heterocycles. The zero-order valence-electron chi connectivity index (χ0n) is 5.49. The fourth-order valence-corrected chi connectivity index (χ4v) is 0.966. The van der Waals surface area contributed by atoms with Crippen LogP contribution in [0.15, 0.2) is 17.0 Å². The van der Waals surface area contributed by atoms with Crippen molar-refractivity contribution < 1.29 is 9.90 Å². The van der Waals surface area contributed by atoms with Crippen LogP contribution in [-0.2, 0) is 11.2 Å². The monoisotopic (exact) mass is 216 g/mol. The minimum atomic E-state index is -0.905. The third kappa shape index (κ3) is 2.63. The van der Waals surface area contributed by atoms with E-state index in [9.17, 15) is 4.79 Å². The smallest absolute Gasteiger partial charge is 0.309 e. The second kappa shape index (κ2) is 3.43. The standard InChI is InChI=1S/C6H5BrN2O2/c7-5-3-8-2-4(9-5)1-6(10)11/h2-3H,1H2,(H,10,11). The van der Waals surface area contributed by atoms with Crippen LogP contribution < -0.4 is 0 Å². The van der Waals surface area contributed by atoms with Gasteiger partial charge in [0, 0.05) is 6.20 Å². The van der Waals surface area contributed by atoms with Gasteiger partial charge in [-0.2, -0.15) is 0 Å². The highest BCUT2D eigenvalue weighted by Crippen LogP contribution is 2.03. The molecule has 0 bridgehead atoms. The molecule has 0 spiro atoms. The average Bonchev–Trinajstić information content (AvgIpc) is 1.85. The molecule has 0 amide bonds. The molecule has 0 aromatic carbocycles. The fourth-order valence-electron chi connectivity index (χ4n) is 0.620. The number of nitrogens with zero attached hydrogens (tertiary/aromatic N) is 2. The van der Waals surface area contributed by atoms with E-state index in [4.69, 9.17) is 5.11 Å². The zero-order valence-corrected chi connectivity index (χ0v) is 7.08. The van der Waals surface area contributed by atoms with Crippen LogP contribution >= 0.6 is 15.9 Å². The summed E-state index contributed by atoms with van der Waals surface area (Å²) in [7, 11) is 0. The van der Waals surface area contributed by atoms with Crippen molar-refractivity contribution in [1.82, 2.24) is 9.97 Å². The van der Waals surface area contributed by atoms with Gasteiger partial charge in [-0.1, -0.05) is 0 Å². The van der Waals surface area contributed by atoms with Crippen molar-refractivity contribution in [3.63, 3.8) is 0 Å². The van der Waals surface area contributed by atoms with Crippen molar-refractivity contribution in [2.45, 2.75) is 6.42 Å². The van der Waals surface area contributed by atoms with Crippen molar-refractivity contribution in [2.75, 3.05) is 0 Å². The second-order valence-electron chi connectivity index (χ2n) is 1.90. The first-order chi connectivity index (χ1) is 5.18. The van der Waals surface area contributed by atoms with Crippen LogP contribution in [0.4, 0.5) is 0 Å². The normalized spacial score (nSPS) is 9.55. The van der Waals surface area contributed by atoms with E-state index in [0.717, 1.165) is 0 Å². The highest BCUT2D eigenvalue weighted by Gasteiger charge is 2.01. The summed E-state index contributed by atoms with van der Waals surface area (Å²) >= 11 is 3.09. The largest absolute Gasteiger partial charge is 0.481 e. The van der Waals surface area contributed by atoms with Gasteiger partial charge in [-0.25, -0.2) is 4.98 Å². The van der Waals surface area contributed by atoms with Crippen molar-refractivity contribution in [3.8, 4) is 0 Å². The van der Waals surface area contributed by atoms with E-state index in [1.807, 2.05) is 0 Å². The predicted molar refractivity (Wildman–Crippen MR) is 41.1 cm³/mol. The third-order valence-electron chi connectivity index (χ3n) is 0.987. The second-order valence-corrected chi connectivity index (χ2v) is 2.72. The van der Waals surface area contributed by atoms with Gasteiger partial charge >= 0.3 is 5.97 Å². The lowest BCUT2D eigenvalue weighted by Crippen LogP contribution is -2.02. The Morgan fingerprint density at radius 2 is 2.36 bits per heavy atom. The molecule has 58 valence electrons. The molecule has 0 unspecified atom stereocenters. The summed E-state index contributed by atoms with van der Waals surface area (Å²) < 4.78 is 0.552. The number of carboxylic acid groups (broad SMARTS) is 1. The first-order valence-electron chi connectivity index (χ1n) is 2.86. The maximum absolute atomic E-state index is 10.2. The minimum absolute atomic E-state index is 0.0908. The van der Waals surface area contributed by atoms with Gasteiger partial charge in [0.1, 0.15) is 4.60 Å². The topological polar surface area (TPSA) is 63.1 Å². The van der Waals surface area contributed by atoms with Crippen LogP contribution in [0.1, 0.15) is 5.69 Å². The Labute approximate surface area is 71.4 Å². The molecule has 0 saturated carbocycles. The number of carboxylic acids is 1. The third-order valence-corrected chi connectivity index (χ3v) is 1.37. The Hall–Kier alpha value is -0.970. The molecule has 1 N–H and O–H groups in total. The molecule has 0 aliphatic heterocycles. The Morgan fingerprint density at radius 1 is 1.64 bits per heavy atom. The Bertz CT molecular complexity index is 277. The van der Waals surface area contributed by atoms with Gasteiger partial charge < -0.3 is 5.11 Å². The molecule has 0 atom stereocenters. The SMILES string of the molecule is O=C(O)Cc1cncc(Br)n1. The molecule has 0 aliphatic rings. The van der Waals surface area contributed by atoms with E-state index in [1.54, 1.807) is 0 Å². The predicted octanol–water partition coefficient (Wildman–Crippen LogP) is 0.866.